The van der Waals surface area contributed by atoms with Crippen LogP contribution in [-0.4, -0.2) is 0 Å². The molecule has 0 aliphatic heterocycles. The van der Waals surface area contributed by atoms with E-state index in [2.05, 4.69) is 56.3 Å². The summed E-state index contributed by atoms with van der Waals surface area (Å²) in [6, 6.07) is 10.7. The largest absolute Gasteiger partial charge is 0.0809 e. The van der Waals surface area contributed by atoms with E-state index in [1.807, 2.05) is 0 Å². The molecule has 0 fully saturated rings. The van der Waals surface area contributed by atoms with Gasteiger partial charge in [0, 0.05) is 0 Å². The van der Waals surface area contributed by atoms with E-state index in [-0.39, 0.29) is 0 Å². The van der Waals surface area contributed by atoms with Crippen molar-refractivity contribution in [3.63, 3.8) is 0 Å². The van der Waals surface area contributed by atoms with E-state index in [1.165, 1.54) is 11.1 Å². The Morgan fingerprint density at radius 3 is 2.60 bits per heavy atom. The van der Waals surface area contributed by atoms with E-state index >= 15 is 0 Å². The highest BCUT2D eigenvalue weighted by Gasteiger charge is 2.09. The zero-order chi connectivity index (χ0) is 10.7. The second kappa shape index (κ2) is 4.48. The molecule has 1 aliphatic carbocycles. The standard InChI is InChI=1S/C15H18/c1-12-8-9-15(10-13(12)2)11-14-6-4-3-5-7-14/h3-8,10,13H,9,11H2,1-2H3. The van der Waals surface area contributed by atoms with Gasteiger partial charge in [0.05, 0.1) is 0 Å². The normalized spacial score (nSPS) is 20.8. The fourth-order valence-electron chi connectivity index (χ4n) is 2.02. The van der Waals surface area contributed by atoms with Crippen LogP contribution in [0.2, 0.25) is 0 Å². The molecule has 0 saturated heterocycles. The van der Waals surface area contributed by atoms with Crippen LogP contribution >= 0.6 is 0 Å². The predicted molar refractivity (Wildman–Crippen MR) is 65.8 cm³/mol. The Labute approximate surface area is 92.3 Å². The van der Waals surface area contributed by atoms with Crippen LogP contribution in [0.1, 0.15) is 25.8 Å². The zero-order valence-corrected chi connectivity index (χ0v) is 9.53. The Hall–Kier alpha value is -1.30. The molecule has 0 heteroatoms. The summed E-state index contributed by atoms with van der Waals surface area (Å²) >= 11 is 0. The van der Waals surface area contributed by atoms with Gasteiger partial charge in [-0.1, -0.05) is 60.6 Å². The van der Waals surface area contributed by atoms with Crippen LogP contribution in [0.4, 0.5) is 0 Å². The molecule has 1 aliphatic rings. The van der Waals surface area contributed by atoms with Gasteiger partial charge < -0.3 is 0 Å². The van der Waals surface area contributed by atoms with Gasteiger partial charge in [-0.05, 0) is 31.2 Å². The Kier molecular flexibility index (Phi) is 3.05. The van der Waals surface area contributed by atoms with Gasteiger partial charge in [0.1, 0.15) is 0 Å². The molecule has 0 aromatic heterocycles. The molecule has 1 atom stereocenters. The van der Waals surface area contributed by atoms with Gasteiger partial charge in [-0.2, -0.15) is 0 Å². The number of rotatable bonds is 2. The lowest BCUT2D eigenvalue weighted by molar-refractivity contribution is 0.804. The minimum Gasteiger partial charge on any atom is -0.0809 e. The summed E-state index contributed by atoms with van der Waals surface area (Å²) in [5, 5.41) is 0. The zero-order valence-electron chi connectivity index (χ0n) is 9.53. The number of hydrogen-bond donors (Lipinski definition) is 0. The average Bonchev–Trinajstić information content (AvgIpc) is 2.25. The molecule has 0 amide bonds. The first-order chi connectivity index (χ1) is 7.25. The predicted octanol–water partition coefficient (Wildman–Crippen LogP) is 4.14. The van der Waals surface area contributed by atoms with Crippen molar-refractivity contribution >= 4 is 0 Å². The lowest BCUT2D eigenvalue weighted by Gasteiger charge is -2.17. The molecule has 1 unspecified atom stereocenters. The van der Waals surface area contributed by atoms with E-state index in [9.17, 15) is 0 Å². The summed E-state index contributed by atoms with van der Waals surface area (Å²) in [6.07, 6.45) is 7.02. The fourth-order valence-corrected chi connectivity index (χ4v) is 2.02. The molecule has 2 rings (SSSR count). The van der Waals surface area contributed by atoms with Gasteiger partial charge in [-0.3, -0.25) is 0 Å². The van der Waals surface area contributed by atoms with Crippen molar-refractivity contribution in [3.05, 3.63) is 59.2 Å². The minimum atomic E-state index is 0.623. The van der Waals surface area contributed by atoms with Gasteiger partial charge in [-0.15, -0.1) is 0 Å². The number of benzene rings is 1. The molecule has 1 aromatic rings. The number of allylic oxidation sites excluding steroid dienone is 4. The minimum absolute atomic E-state index is 0.623. The van der Waals surface area contributed by atoms with Gasteiger partial charge in [0.25, 0.3) is 0 Å². The van der Waals surface area contributed by atoms with Crippen LogP contribution in [0, 0.1) is 5.92 Å². The molecule has 0 radical (unpaired) electrons. The van der Waals surface area contributed by atoms with E-state index in [0.717, 1.165) is 12.8 Å². The van der Waals surface area contributed by atoms with Crippen LogP contribution < -0.4 is 0 Å². The van der Waals surface area contributed by atoms with Crippen LogP contribution in [0.15, 0.2) is 53.6 Å². The third-order valence-electron chi connectivity index (χ3n) is 3.16. The van der Waals surface area contributed by atoms with Gasteiger partial charge >= 0.3 is 0 Å². The molecule has 78 valence electrons. The molecule has 0 bridgehead atoms. The molecule has 0 heterocycles. The monoisotopic (exact) mass is 198 g/mol. The van der Waals surface area contributed by atoms with Gasteiger partial charge in [0.15, 0.2) is 0 Å². The molecule has 0 saturated carbocycles. The third-order valence-corrected chi connectivity index (χ3v) is 3.16. The van der Waals surface area contributed by atoms with Crippen molar-refractivity contribution in [2.45, 2.75) is 26.7 Å². The molecule has 0 spiro atoms. The molecule has 0 nitrogen and oxygen atoms in total. The smallest absolute Gasteiger partial charge is 0.00514 e. The molecule has 0 N–H and O–H groups in total. The van der Waals surface area contributed by atoms with Crippen molar-refractivity contribution in [3.8, 4) is 0 Å². The van der Waals surface area contributed by atoms with Crippen molar-refractivity contribution < 1.29 is 0 Å². The first kappa shape index (κ1) is 10.2. The van der Waals surface area contributed by atoms with Crippen molar-refractivity contribution in [2.24, 2.45) is 5.92 Å². The fraction of sp³-hybridized carbons (Fsp3) is 0.333. The van der Waals surface area contributed by atoms with Crippen LogP contribution in [-0.2, 0) is 6.42 Å². The van der Waals surface area contributed by atoms with E-state index in [4.69, 9.17) is 0 Å². The SMILES string of the molecule is CC1=CCC(Cc2ccccc2)=CC1C. The Morgan fingerprint density at radius 1 is 1.20 bits per heavy atom. The summed E-state index contributed by atoms with van der Waals surface area (Å²) in [7, 11) is 0. The van der Waals surface area contributed by atoms with Crippen molar-refractivity contribution in [1.82, 2.24) is 0 Å². The van der Waals surface area contributed by atoms with Crippen LogP contribution in [0.3, 0.4) is 0 Å². The molecule has 15 heavy (non-hydrogen) atoms. The lowest BCUT2D eigenvalue weighted by Crippen LogP contribution is -2.02. The summed E-state index contributed by atoms with van der Waals surface area (Å²) in [5.41, 5.74) is 4.48. The van der Waals surface area contributed by atoms with E-state index in [0.29, 0.717) is 5.92 Å². The van der Waals surface area contributed by atoms with Crippen LogP contribution in [0.5, 0.6) is 0 Å². The summed E-state index contributed by atoms with van der Waals surface area (Å²) in [6.45, 7) is 4.50. The third kappa shape index (κ3) is 2.59. The second-order valence-corrected chi connectivity index (χ2v) is 4.43. The molecule has 1 aromatic carbocycles. The quantitative estimate of drug-likeness (QED) is 0.626. The average molecular weight is 198 g/mol. The molecular weight excluding hydrogens is 180 g/mol. The highest BCUT2D eigenvalue weighted by Crippen LogP contribution is 2.24. The van der Waals surface area contributed by atoms with Crippen molar-refractivity contribution in [1.29, 1.82) is 0 Å². The summed E-state index contributed by atoms with van der Waals surface area (Å²) in [5.74, 6) is 0.623. The van der Waals surface area contributed by atoms with Crippen LogP contribution in [0.25, 0.3) is 0 Å². The maximum absolute atomic E-state index is 2.42. The van der Waals surface area contributed by atoms with E-state index in [1.54, 1.807) is 5.57 Å². The Balaban J connectivity index is 2.06. The molecular formula is C15H18. The van der Waals surface area contributed by atoms with E-state index < -0.39 is 0 Å². The lowest BCUT2D eigenvalue weighted by atomic mass is 9.89. The maximum Gasteiger partial charge on any atom is -0.00514 e. The van der Waals surface area contributed by atoms with Gasteiger partial charge in [0.2, 0.25) is 0 Å². The highest BCUT2D eigenvalue weighted by atomic mass is 14.1. The first-order valence-electron chi connectivity index (χ1n) is 5.66. The summed E-state index contributed by atoms with van der Waals surface area (Å²) < 4.78 is 0. The maximum atomic E-state index is 2.42. The number of hydrogen-bond acceptors (Lipinski definition) is 0. The Bertz CT molecular complexity index is 382. The highest BCUT2D eigenvalue weighted by molar-refractivity contribution is 5.29. The summed E-state index contributed by atoms with van der Waals surface area (Å²) in [4.78, 5) is 0. The van der Waals surface area contributed by atoms with Crippen molar-refractivity contribution in [2.75, 3.05) is 0 Å². The first-order valence-corrected chi connectivity index (χ1v) is 5.66. The topological polar surface area (TPSA) is 0 Å². The van der Waals surface area contributed by atoms with Gasteiger partial charge in [-0.25, -0.2) is 0 Å². The second-order valence-electron chi connectivity index (χ2n) is 4.43. The Morgan fingerprint density at radius 2 is 1.93 bits per heavy atom.